The molecule has 0 saturated heterocycles. The van der Waals surface area contributed by atoms with Gasteiger partial charge in [0, 0.05) is 29.9 Å². The Bertz CT molecular complexity index is 968. The fourth-order valence-electron chi connectivity index (χ4n) is 2.68. The molecule has 2 aromatic heterocycles. The SMILES string of the molecule is CCc1ccc(-c2noc(COC(=O)/C=C/c3c(C)nn(C)c3C)n2)cc1. The molecule has 0 fully saturated rings. The molecule has 0 atom stereocenters. The molecule has 0 N–H and O–H groups in total. The number of nitrogens with zero attached hydrogens (tertiary/aromatic N) is 4. The summed E-state index contributed by atoms with van der Waals surface area (Å²) in [6, 6.07) is 7.94. The lowest BCUT2D eigenvalue weighted by molar-refractivity contribution is -0.139. The van der Waals surface area contributed by atoms with Gasteiger partial charge in [-0.25, -0.2) is 4.79 Å². The molecule has 3 aromatic rings. The molecule has 27 heavy (non-hydrogen) atoms. The monoisotopic (exact) mass is 366 g/mol. The zero-order valence-corrected chi connectivity index (χ0v) is 15.9. The Hall–Kier alpha value is -3.22. The van der Waals surface area contributed by atoms with Gasteiger partial charge in [0.1, 0.15) is 0 Å². The summed E-state index contributed by atoms with van der Waals surface area (Å²) in [7, 11) is 1.86. The second kappa shape index (κ2) is 7.99. The fraction of sp³-hybridized carbons (Fsp3) is 0.300. The summed E-state index contributed by atoms with van der Waals surface area (Å²) in [4.78, 5) is 16.2. The van der Waals surface area contributed by atoms with Crippen LogP contribution in [0.4, 0.5) is 0 Å². The fourth-order valence-corrected chi connectivity index (χ4v) is 2.68. The van der Waals surface area contributed by atoms with E-state index in [1.165, 1.54) is 11.6 Å². The first kappa shape index (κ1) is 18.6. The highest BCUT2D eigenvalue weighted by Crippen LogP contribution is 2.17. The number of benzene rings is 1. The number of carbonyl (C=O) groups excluding carboxylic acids is 1. The Balaban J connectivity index is 1.59. The molecule has 7 heteroatoms. The van der Waals surface area contributed by atoms with Gasteiger partial charge in [0.2, 0.25) is 5.82 Å². The summed E-state index contributed by atoms with van der Waals surface area (Å²) in [6.07, 6.45) is 4.05. The lowest BCUT2D eigenvalue weighted by Crippen LogP contribution is -2.01. The molecular weight excluding hydrogens is 344 g/mol. The number of carbonyl (C=O) groups is 1. The molecule has 0 aliphatic carbocycles. The number of hydrogen-bond donors (Lipinski definition) is 0. The van der Waals surface area contributed by atoms with Crippen molar-refractivity contribution in [3.63, 3.8) is 0 Å². The average molecular weight is 366 g/mol. The topological polar surface area (TPSA) is 83.0 Å². The van der Waals surface area contributed by atoms with Crippen LogP contribution in [0.5, 0.6) is 0 Å². The van der Waals surface area contributed by atoms with Gasteiger partial charge in [0.25, 0.3) is 5.89 Å². The van der Waals surface area contributed by atoms with Crippen LogP contribution in [0.25, 0.3) is 17.5 Å². The van der Waals surface area contributed by atoms with Crippen molar-refractivity contribution in [2.24, 2.45) is 7.05 Å². The predicted octanol–water partition coefficient (Wildman–Crippen LogP) is 3.41. The number of aryl methyl sites for hydroxylation is 3. The number of rotatable bonds is 6. The van der Waals surface area contributed by atoms with Gasteiger partial charge in [-0.1, -0.05) is 36.3 Å². The molecule has 0 unspecified atom stereocenters. The first-order valence-corrected chi connectivity index (χ1v) is 8.75. The van der Waals surface area contributed by atoms with Gasteiger partial charge < -0.3 is 9.26 Å². The van der Waals surface area contributed by atoms with E-state index in [0.717, 1.165) is 28.9 Å². The van der Waals surface area contributed by atoms with E-state index < -0.39 is 5.97 Å². The van der Waals surface area contributed by atoms with Gasteiger partial charge in [-0.3, -0.25) is 4.68 Å². The molecule has 0 aliphatic heterocycles. The molecule has 0 spiro atoms. The van der Waals surface area contributed by atoms with Crippen LogP contribution in [0.2, 0.25) is 0 Å². The molecule has 0 amide bonds. The van der Waals surface area contributed by atoms with E-state index in [1.807, 2.05) is 45.2 Å². The van der Waals surface area contributed by atoms with Crippen LogP contribution in [0.1, 0.15) is 35.3 Å². The van der Waals surface area contributed by atoms with Crippen LogP contribution >= 0.6 is 0 Å². The highest BCUT2D eigenvalue weighted by molar-refractivity contribution is 5.87. The summed E-state index contributed by atoms with van der Waals surface area (Å²) < 4.78 is 12.1. The van der Waals surface area contributed by atoms with Gasteiger partial charge >= 0.3 is 5.97 Å². The molecule has 0 saturated carbocycles. The van der Waals surface area contributed by atoms with Crippen LogP contribution in [-0.2, 0) is 29.6 Å². The number of aromatic nitrogens is 4. The van der Waals surface area contributed by atoms with Crippen LogP contribution in [0.3, 0.4) is 0 Å². The Morgan fingerprint density at radius 1 is 1.26 bits per heavy atom. The summed E-state index contributed by atoms with van der Waals surface area (Å²) >= 11 is 0. The quantitative estimate of drug-likeness (QED) is 0.491. The van der Waals surface area contributed by atoms with Crippen LogP contribution in [0, 0.1) is 13.8 Å². The summed E-state index contributed by atoms with van der Waals surface area (Å²) in [5, 5.41) is 8.24. The van der Waals surface area contributed by atoms with E-state index in [-0.39, 0.29) is 12.5 Å². The molecular formula is C20H22N4O3. The minimum atomic E-state index is -0.482. The lowest BCUT2D eigenvalue weighted by atomic mass is 10.1. The van der Waals surface area contributed by atoms with Crippen LogP contribution < -0.4 is 0 Å². The average Bonchev–Trinajstić information content (AvgIpc) is 3.24. The zero-order chi connectivity index (χ0) is 19.4. The summed E-state index contributed by atoms with van der Waals surface area (Å²) in [6.45, 7) is 5.86. The van der Waals surface area contributed by atoms with Gasteiger partial charge in [-0.2, -0.15) is 10.1 Å². The van der Waals surface area contributed by atoms with Crippen molar-refractivity contribution in [3.05, 3.63) is 58.7 Å². The second-order valence-corrected chi connectivity index (χ2v) is 6.21. The molecule has 1 aromatic carbocycles. The molecule has 0 radical (unpaired) electrons. The van der Waals surface area contributed by atoms with E-state index in [1.54, 1.807) is 10.8 Å². The first-order chi connectivity index (χ1) is 13.0. The molecule has 0 aliphatic rings. The van der Waals surface area contributed by atoms with Crippen LogP contribution in [-0.4, -0.2) is 25.9 Å². The lowest BCUT2D eigenvalue weighted by Gasteiger charge is -1.98. The van der Waals surface area contributed by atoms with E-state index in [4.69, 9.17) is 9.26 Å². The highest BCUT2D eigenvalue weighted by Gasteiger charge is 2.11. The van der Waals surface area contributed by atoms with Crippen molar-refractivity contribution in [1.29, 1.82) is 0 Å². The Morgan fingerprint density at radius 2 is 2.00 bits per heavy atom. The molecule has 0 bridgehead atoms. The smallest absolute Gasteiger partial charge is 0.331 e. The van der Waals surface area contributed by atoms with Crippen molar-refractivity contribution >= 4 is 12.0 Å². The summed E-state index contributed by atoms with van der Waals surface area (Å²) in [5.74, 6) is 0.241. The maximum absolute atomic E-state index is 11.9. The number of esters is 1. The Morgan fingerprint density at radius 3 is 2.63 bits per heavy atom. The minimum absolute atomic E-state index is 0.0752. The standard InChI is InChI=1S/C20H22N4O3/c1-5-15-6-8-16(9-7-15)20-21-18(27-23-20)12-26-19(25)11-10-17-13(2)22-24(4)14(17)3/h6-11H,5,12H2,1-4H3/b11-10+. The first-order valence-electron chi connectivity index (χ1n) is 8.75. The Kier molecular flexibility index (Phi) is 5.49. The number of hydrogen-bond acceptors (Lipinski definition) is 6. The maximum atomic E-state index is 11.9. The third kappa shape index (κ3) is 4.31. The number of ether oxygens (including phenoxy) is 1. The third-order valence-electron chi connectivity index (χ3n) is 4.38. The van der Waals surface area contributed by atoms with E-state index in [9.17, 15) is 4.79 Å². The minimum Gasteiger partial charge on any atom is -0.452 e. The third-order valence-corrected chi connectivity index (χ3v) is 4.38. The van der Waals surface area contributed by atoms with E-state index in [0.29, 0.717) is 5.82 Å². The molecule has 140 valence electrons. The molecule has 7 nitrogen and oxygen atoms in total. The van der Waals surface area contributed by atoms with E-state index >= 15 is 0 Å². The van der Waals surface area contributed by atoms with Gasteiger partial charge in [0.15, 0.2) is 6.61 Å². The van der Waals surface area contributed by atoms with Crippen molar-refractivity contribution in [2.75, 3.05) is 0 Å². The van der Waals surface area contributed by atoms with Crippen LogP contribution in [0.15, 0.2) is 34.9 Å². The van der Waals surface area contributed by atoms with Gasteiger partial charge in [-0.05, 0) is 31.9 Å². The maximum Gasteiger partial charge on any atom is 0.331 e. The van der Waals surface area contributed by atoms with Gasteiger partial charge in [0.05, 0.1) is 5.69 Å². The van der Waals surface area contributed by atoms with Crippen molar-refractivity contribution < 1.29 is 14.1 Å². The van der Waals surface area contributed by atoms with Gasteiger partial charge in [-0.15, -0.1) is 0 Å². The highest BCUT2D eigenvalue weighted by atomic mass is 16.6. The normalized spacial score (nSPS) is 11.3. The Labute approximate surface area is 157 Å². The predicted molar refractivity (Wildman–Crippen MR) is 101 cm³/mol. The van der Waals surface area contributed by atoms with Crippen molar-refractivity contribution in [2.45, 2.75) is 33.8 Å². The molecule has 3 rings (SSSR count). The zero-order valence-electron chi connectivity index (χ0n) is 15.9. The molecule has 2 heterocycles. The van der Waals surface area contributed by atoms with E-state index in [2.05, 4.69) is 22.2 Å². The summed E-state index contributed by atoms with van der Waals surface area (Å²) in [5.41, 5.74) is 4.84. The van der Waals surface area contributed by atoms with Crippen molar-refractivity contribution in [1.82, 2.24) is 19.9 Å². The second-order valence-electron chi connectivity index (χ2n) is 6.21. The largest absolute Gasteiger partial charge is 0.452 e. The van der Waals surface area contributed by atoms with Crippen molar-refractivity contribution in [3.8, 4) is 11.4 Å².